The predicted molar refractivity (Wildman–Crippen MR) is 66.6 cm³/mol. The smallest absolute Gasteiger partial charge is 0.416 e. The topological polar surface area (TPSA) is 35.2 Å². The molecule has 0 spiro atoms. The van der Waals surface area contributed by atoms with E-state index in [9.17, 15) is 13.2 Å². The quantitative estimate of drug-likeness (QED) is 0.857. The van der Waals surface area contributed by atoms with Gasteiger partial charge in [0.2, 0.25) is 0 Å². The van der Waals surface area contributed by atoms with Crippen molar-refractivity contribution in [3.63, 3.8) is 0 Å². The van der Waals surface area contributed by atoms with Gasteiger partial charge in [-0.15, -0.1) is 0 Å². The number of hydrogen-bond donors (Lipinski definition) is 1. The maximum absolute atomic E-state index is 12.8. The van der Waals surface area contributed by atoms with E-state index in [0.717, 1.165) is 6.07 Å². The summed E-state index contributed by atoms with van der Waals surface area (Å²) in [5.74, 6) is 0.375. The lowest BCUT2D eigenvalue weighted by molar-refractivity contribution is -0.138. The molecule has 5 heteroatoms. The van der Waals surface area contributed by atoms with Gasteiger partial charge < -0.3 is 10.5 Å². The molecule has 0 atom stereocenters. The van der Waals surface area contributed by atoms with Gasteiger partial charge in [0, 0.05) is 5.56 Å². The van der Waals surface area contributed by atoms with E-state index >= 15 is 0 Å². The molecular weight excluding hydrogens is 255 g/mol. The zero-order chi connectivity index (χ0) is 13.9. The number of para-hydroxylation sites is 2. The molecular formula is C14H12F3NO. The molecule has 0 fully saturated rings. The minimum atomic E-state index is -4.39. The first kappa shape index (κ1) is 13.3. The fraction of sp³-hybridized carbons (Fsp3) is 0.143. The Morgan fingerprint density at radius 2 is 1.58 bits per heavy atom. The molecule has 0 bridgehead atoms. The lowest BCUT2D eigenvalue weighted by Gasteiger charge is -2.14. The van der Waals surface area contributed by atoms with Gasteiger partial charge in [-0.05, 0) is 18.2 Å². The van der Waals surface area contributed by atoms with Crippen molar-refractivity contribution in [3.8, 4) is 5.75 Å². The highest BCUT2D eigenvalue weighted by atomic mass is 19.4. The monoisotopic (exact) mass is 267 g/mol. The van der Waals surface area contributed by atoms with Crippen molar-refractivity contribution in [1.82, 2.24) is 0 Å². The Bertz CT molecular complexity index is 567. The second-order valence-electron chi connectivity index (χ2n) is 3.98. The van der Waals surface area contributed by atoms with Crippen LogP contribution in [0.15, 0.2) is 48.5 Å². The summed E-state index contributed by atoms with van der Waals surface area (Å²) in [5, 5.41) is 0. The third-order valence-electron chi connectivity index (χ3n) is 2.62. The molecule has 2 aromatic carbocycles. The number of alkyl halides is 3. The Morgan fingerprint density at radius 1 is 0.947 bits per heavy atom. The number of nitrogen functional groups attached to an aromatic ring is 1. The number of nitrogens with two attached hydrogens (primary N) is 1. The largest absolute Gasteiger partial charge is 0.487 e. The van der Waals surface area contributed by atoms with E-state index in [2.05, 4.69) is 0 Å². The Morgan fingerprint density at radius 3 is 2.26 bits per heavy atom. The van der Waals surface area contributed by atoms with Gasteiger partial charge in [0.1, 0.15) is 12.4 Å². The summed E-state index contributed by atoms with van der Waals surface area (Å²) >= 11 is 0. The SMILES string of the molecule is Nc1ccccc1OCc1ccccc1C(F)(F)F. The van der Waals surface area contributed by atoms with Crippen molar-refractivity contribution in [3.05, 3.63) is 59.7 Å². The minimum Gasteiger partial charge on any atom is -0.487 e. The number of halogens is 3. The van der Waals surface area contributed by atoms with Gasteiger partial charge >= 0.3 is 6.18 Å². The van der Waals surface area contributed by atoms with Crippen molar-refractivity contribution >= 4 is 5.69 Å². The van der Waals surface area contributed by atoms with Crippen molar-refractivity contribution in [2.45, 2.75) is 12.8 Å². The molecule has 2 aromatic rings. The van der Waals surface area contributed by atoms with Crippen LogP contribution >= 0.6 is 0 Å². The van der Waals surface area contributed by atoms with Crippen LogP contribution in [-0.2, 0) is 12.8 Å². The summed E-state index contributed by atoms with van der Waals surface area (Å²) < 4.78 is 43.7. The highest BCUT2D eigenvalue weighted by molar-refractivity contribution is 5.51. The number of benzene rings is 2. The van der Waals surface area contributed by atoms with Crippen LogP contribution in [0.4, 0.5) is 18.9 Å². The van der Waals surface area contributed by atoms with E-state index in [-0.39, 0.29) is 12.2 Å². The molecule has 2 rings (SSSR count). The van der Waals surface area contributed by atoms with Gasteiger partial charge in [-0.2, -0.15) is 13.2 Å². The van der Waals surface area contributed by atoms with Crippen LogP contribution in [0.1, 0.15) is 11.1 Å². The lowest BCUT2D eigenvalue weighted by Crippen LogP contribution is -2.11. The molecule has 100 valence electrons. The molecule has 0 radical (unpaired) electrons. The summed E-state index contributed by atoms with van der Waals surface area (Å²) in [6.45, 7) is -0.177. The van der Waals surface area contributed by atoms with Gasteiger partial charge in [-0.25, -0.2) is 0 Å². The van der Waals surface area contributed by atoms with Crippen LogP contribution < -0.4 is 10.5 Å². The molecule has 0 aromatic heterocycles. The molecule has 19 heavy (non-hydrogen) atoms. The van der Waals surface area contributed by atoms with Crippen molar-refractivity contribution in [2.24, 2.45) is 0 Å². The zero-order valence-corrected chi connectivity index (χ0v) is 9.95. The summed E-state index contributed by atoms with van der Waals surface area (Å²) in [7, 11) is 0. The molecule has 0 aliphatic carbocycles. The first-order chi connectivity index (χ1) is 8.98. The van der Waals surface area contributed by atoms with E-state index < -0.39 is 11.7 Å². The third-order valence-corrected chi connectivity index (χ3v) is 2.62. The molecule has 0 heterocycles. The van der Waals surface area contributed by atoms with E-state index in [1.165, 1.54) is 12.1 Å². The van der Waals surface area contributed by atoms with Crippen LogP contribution in [0.3, 0.4) is 0 Å². The molecule has 0 aliphatic rings. The van der Waals surface area contributed by atoms with Crippen LogP contribution in [0, 0.1) is 0 Å². The summed E-state index contributed by atoms with van der Waals surface area (Å²) in [4.78, 5) is 0. The molecule has 2 nitrogen and oxygen atoms in total. The fourth-order valence-corrected chi connectivity index (χ4v) is 1.69. The highest BCUT2D eigenvalue weighted by Gasteiger charge is 2.32. The maximum Gasteiger partial charge on any atom is 0.416 e. The van der Waals surface area contributed by atoms with E-state index in [0.29, 0.717) is 11.4 Å². The Kier molecular flexibility index (Phi) is 3.64. The summed E-state index contributed by atoms with van der Waals surface area (Å²) in [6.07, 6.45) is -4.39. The van der Waals surface area contributed by atoms with E-state index in [4.69, 9.17) is 10.5 Å². The van der Waals surface area contributed by atoms with Crippen LogP contribution in [-0.4, -0.2) is 0 Å². The summed E-state index contributed by atoms with van der Waals surface area (Å²) in [5.41, 5.74) is 5.45. The van der Waals surface area contributed by atoms with Crippen molar-refractivity contribution in [1.29, 1.82) is 0 Å². The normalized spacial score (nSPS) is 11.3. The summed E-state index contributed by atoms with van der Waals surface area (Å²) in [6, 6.07) is 12.0. The first-order valence-corrected chi connectivity index (χ1v) is 5.61. The average Bonchev–Trinajstić information content (AvgIpc) is 2.37. The number of rotatable bonds is 3. The number of ether oxygens (including phenoxy) is 1. The minimum absolute atomic E-state index is 0.0817. The fourth-order valence-electron chi connectivity index (χ4n) is 1.69. The molecule has 0 saturated heterocycles. The second-order valence-corrected chi connectivity index (χ2v) is 3.98. The molecule has 0 saturated carbocycles. The van der Waals surface area contributed by atoms with Gasteiger partial charge in [0.15, 0.2) is 0 Å². The van der Waals surface area contributed by atoms with E-state index in [1.807, 2.05) is 0 Å². The van der Waals surface area contributed by atoms with E-state index in [1.54, 1.807) is 30.3 Å². The second kappa shape index (κ2) is 5.22. The zero-order valence-electron chi connectivity index (χ0n) is 9.95. The Hall–Kier alpha value is -2.17. The highest BCUT2D eigenvalue weighted by Crippen LogP contribution is 2.32. The number of anilines is 1. The molecule has 0 amide bonds. The van der Waals surface area contributed by atoms with Crippen molar-refractivity contribution < 1.29 is 17.9 Å². The standard InChI is InChI=1S/C14H12F3NO/c15-14(16,17)11-6-2-1-5-10(11)9-19-13-8-4-3-7-12(13)18/h1-8H,9,18H2. The average molecular weight is 267 g/mol. The molecule has 0 unspecified atom stereocenters. The molecule has 0 aliphatic heterocycles. The van der Waals surface area contributed by atoms with Crippen LogP contribution in [0.5, 0.6) is 5.75 Å². The van der Waals surface area contributed by atoms with Gasteiger partial charge in [0.25, 0.3) is 0 Å². The van der Waals surface area contributed by atoms with Crippen molar-refractivity contribution in [2.75, 3.05) is 5.73 Å². The number of hydrogen-bond acceptors (Lipinski definition) is 2. The maximum atomic E-state index is 12.8. The first-order valence-electron chi connectivity index (χ1n) is 5.61. The van der Waals surface area contributed by atoms with Gasteiger partial charge in [-0.3, -0.25) is 0 Å². The Labute approximate surface area is 108 Å². The Balaban J connectivity index is 2.19. The predicted octanol–water partition coefficient (Wildman–Crippen LogP) is 3.87. The van der Waals surface area contributed by atoms with Crippen LogP contribution in [0.25, 0.3) is 0 Å². The van der Waals surface area contributed by atoms with Gasteiger partial charge in [-0.1, -0.05) is 30.3 Å². The van der Waals surface area contributed by atoms with Gasteiger partial charge in [0.05, 0.1) is 11.3 Å². The van der Waals surface area contributed by atoms with Crippen LogP contribution in [0.2, 0.25) is 0 Å². The lowest BCUT2D eigenvalue weighted by atomic mass is 10.1. The molecule has 2 N–H and O–H groups in total. The third kappa shape index (κ3) is 3.19.